The molecule has 0 saturated heterocycles. The summed E-state index contributed by atoms with van der Waals surface area (Å²) in [4.78, 5) is 20.6. The molecule has 1 amide bonds. The van der Waals surface area contributed by atoms with Gasteiger partial charge in [0.15, 0.2) is 0 Å². The van der Waals surface area contributed by atoms with Gasteiger partial charge >= 0.3 is 0 Å². The molecule has 0 atom stereocenters. The van der Waals surface area contributed by atoms with E-state index in [4.69, 9.17) is 0 Å². The third-order valence-electron chi connectivity index (χ3n) is 3.97. The summed E-state index contributed by atoms with van der Waals surface area (Å²) in [6.07, 6.45) is 3.39. The zero-order valence-corrected chi connectivity index (χ0v) is 14.8. The Kier molecular flexibility index (Phi) is 5.93. The second-order valence-corrected chi connectivity index (χ2v) is 6.13. The number of carbonyl (C=O) groups excluding carboxylic acids is 1. The minimum Gasteiger partial charge on any atom is -0.370 e. The highest BCUT2D eigenvalue weighted by Gasteiger charge is 2.09. The molecular formula is C21H22N4O. The largest absolute Gasteiger partial charge is 0.370 e. The number of aromatic nitrogens is 2. The van der Waals surface area contributed by atoms with Crippen LogP contribution >= 0.6 is 0 Å². The minimum absolute atomic E-state index is 0.245. The zero-order valence-electron chi connectivity index (χ0n) is 14.8. The maximum absolute atomic E-state index is 12.4. The number of benzene rings is 2. The Bertz CT molecular complexity index is 865. The second kappa shape index (κ2) is 8.76. The van der Waals surface area contributed by atoms with Crippen LogP contribution in [0.3, 0.4) is 0 Å². The van der Waals surface area contributed by atoms with Crippen molar-refractivity contribution in [3.8, 4) is 0 Å². The van der Waals surface area contributed by atoms with Crippen LogP contribution in [0.5, 0.6) is 0 Å². The number of nitrogens with zero attached hydrogens (tertiary/aromatic N) is 2. The second-order valence-electron chi connectivity index (χ2n) is 6.13. The summed E-state index contributed by atoms with van der Waals surface area (Å²) in [5.41, 5.74) is 3.50. The fourth-order valence-electron chi connectivity index (χ4n) is 2.65. The zero-order chi connectivity index (χ0) is 18.2. The van der Waals surface area contributed by atoms with E-state index in [0.29, 0.717) is 11.5 Å². The van der Waals surface area contributed by atoms with Gasteiger partial charge < -0.3 is 10.6 Å². The maximum atomic E-state index is 12.4. The van der Waals surface area contributed by atoms with E-state index in [9.17, 15) is 4.79 Å². The summed E-state index contributed by atoms with van der Waals surface area (Å²) in [5.74, 6) is 0.410. The van der Waals surface area contributed by atoms with Crippen LogP contribution < -0.4 is 10.6 Å². The number of rotatable bonds is 7. The van der Waals surface area contributed by atoms with Crippen molar-refractivity contribution in [2.45, 2.75) is 19.8 Å². The highest BCUT2D eigenvalue weighted by atomic mass is 16.1. The van der Waals surface area contributed by atoms with Gasteiger partial charge in [0, 0.05) is 18.3 Å². The predicted molar refractivity (Wildman–Crippen MR) is 104 cm³/mol. The van der Waals surface area contributed by atoms with E-state index in [1.165, 1.54) is 11.9 Å². The van der Waals surface area contributed by atoms with E-state index in [1.54, 1.807) is 6.07 Å². The molecule has 132 valence electrons. The van der Waals surface area contributed by atoms with Gasteiger partial charge in [0.05, 0.1) is 0 Å². The summed E-state index contributed by atoms with van der Waals surface area (Å²) in [5, 5.41) is 6.11. The summed E-state index contributed by atoms with van der Waals surface area (Å²) in [6.45, 7) is 2.77. The van der Waals surface area contributed by atoms with E-state index >= 15 is 0 Å². The van der Waals surface area contributed by atoms with Gasteiger partial charge in [-0.2, -0.15) is 0 Å². The molecule has 5 nitrogen and oxygen atoms in total. The highest BCUT2D eigenvalue weighted by Crippen LogP contribution is 2.12. The van der Waals surface area contributed by atoms with Crippen molar-refractivity contribution >= 4 is 17.4 Å². The van der Waals surface area contributed by atoms with E-state index in [2.05, 4.69) is 32.7 Å². The molecule has 0 unspecified atom stereocenters. The van der Waals surface area contributed by atoms with E-state index in [-0.39, 0.29) is 5.91 Å². The first-order valence-electron chi connectivity index (χ1n) is 8.68. The Balaban J connectivity index is 1.53. The minimum atomic E-state index is -0.245. The molecule has 1 aromatic heterocycles. The molecule has 0 aliphatic rings. The fraction of sp³-hybridized carbons (Fsp3) is 0.190. The number of carbonyl (C=O) groups is 1. The summed E-state index contributed by atoms with van der Waals surface area (Å²) in [7, 11) is 0. The third-order valence-corrected chi connectivity index (χ3v) is 3.97. The normalized spacial score (nSPS) is 10.3. The van der Waals surface area contributed by atoms with Crippen LogP contribution in [0.2, 0.25) is 0 Å². The Hall–Kier alpha value is -3.21. The monoisotopic (exact) mass is 346 g/mol. The van der Waals surface area contributed by atoms with E-state index in [0.717, 1.165) is 30.6 Å². The molecule has 3 rings (SSSR count). The number of amides is 1. The lowest BCUT2D eigenvalue weighted by atomic mass is 10.1. The number of aryl methyl sites for hydroxylation is 2. The Morgan fingerprint density at radius 1 is 1.00 bits per heavy atom. The molecule has 1 heterocycles. The van der Waals surface area contributed by atoms with Crippen molar-refractivity contribution in [1.82, 2.24) is 9.97 Å². The first-order chi connectivity index (χ1) is 12.7. The maximum Gasteiger partial charge on any atom is 0.274 e. The van der Waals surface area contributed by atoms with Gasteiger partial charge in [-0.15, -0.1) is 0 Å². The van der Waals surface area contributed by atoms with Gasteiger partial charge in [-0.25, -0.2) is 9.97 Å². The third kappa shape index (κ3) is 5.14. The SMILES string of the molecule is Cc1cccc(NC(=O)c2cc(NCCCc3ccccc3)ncn2)c1. The summed E-state index contributed by atoms with van der Waals surface area (Å²) in [6, 6.07) is 19.7. The van der Waals surface area contributed by atoms with Gasteiger partial charge in [0.1, 0.15) is 17.8 Å². The van der Waals surface area contributed by atoms with Crippen LogP contribution in [0.4, 0.5) is 11.5 Å². The summed E-state index contributed by atoms with van der Waals surface area (Å²) < 4.78 is 0. The molecule has 0 aliphatic heterocycles. The van der Waals surface area contributed by atoms with Gasteiger partial charge in [-0.05, 0) is 43.0 Å². The van der Waals surface area contributed by atoms with Crippen molar-refractivity contribution in [2.24, 2.45) is 0 Å². The predicted octanol–water partition coefficient (Wildman–Crippen LogP) is 4.08. The first kappa shape index (κ1) is 17.6. The van der Waals surface area contributed by atoms with Gasteiger partial charge in [0.25, 0.3) is 5.91 Å². The van der Waals surface area contributed by atoms with Gasteiger partial charge in [-0.1, -0.05) is 42.5 Å². The molecule has 2 N–H and O–H groups in total. The molecule has 0 saturated carbocycles. The van der Waals surface area contributed by atoms with Crippen LogP contribution in [-0.2, 0) is 6.42 Å². The van der Waals surface area contributed by atoms with Gasteiger partial charge in [0.2, 0.25) is 0 Å². The Labute approximate surface area is 153 Å². The van der Waals surface area contributed by atoms with Crippen LogP contribution in [0.1, 0.15) is 28.0 Å². The number of nitrogens with one attached hydrogen (secondary N) is 2. The highest BCUT2D eigenvalue weighted by molar-refractivity contribution is 6.03. The standard InChI is InChI=1S/C21H22N4O/c1-16-7-5-11-18(13-16)25-21(26)19-14-20(24-15-23-19)22-12-6-10-17-8-3-2-4-9-17/h2-5,7-9,11,13-15H,6,10,12H2,1H3,(H,25,26)(H,22,23,24). The molecule has 0 fully saturated rings. The van der Waals surface area contributed by atoms with Crippen LogP contribution in [-0.4, -0.2) is 22.4 Å². The smallest absolute Gasteiger partial charge is 0.274 e. The fourth-order valence-corrected chi connectivity index (χ4v) is 2.65. The van der Waals surface area contributed by atoms with Crippen molar-refractivity contribution in [3.63, 3.8) is 0 Å². The molecule has 3 aromatic rings. The topological polar surface area (TPSA) is 66.9 Å². The molecule has 0 spiro atoms. The lowest BCUT2D eigenvalue weighted by Crippen LogP contribution is -2.15. The lowest BCUT2D eigenvalue weighted by molar-refractivity contribution is 0.102. The Morgan fingerprint density at radius 3 is 2.65 bits per heavy atom. The molecule has 26 heavy (non-hydrogen) atoms. The molecular weight excluding hydrogens is 324 g/mol. The quantitative estimate of drug-likeness (QED) is 0.633. The van der Waals surface area contributed by atoms with Gasteiger partial charge in [-0.3, -0.25) is 4.79 Å². The average molecular weight is 346 g/mol. The number of hydrogen-bond donors (Lipinski definition) is 2. The Morgan fingerprint density at radius 2 is 1.85 bits per heavy atom. The van der Waals surface area contributed by atoms with E-state index < -0.39 is 0 Å². The van der Waals surface area contributed by atoms with Crippen LogP contribution in [0.25, 0.3) is 0 Å². The number of anilines is 2. The van der Waals surface area contributed by atoms with Crippen molar-refractivity contribution in [3.05, 3.63) is 83.8 Å². The molecule has 5 heteroatoms. The van der Waals surface area contributed by atoms with Crippen LogP contribution in [0.15, 0.2) is 67.0 Å². The van der Waals surface area contributed by atoms with Crippen molar-refractivity contribution in [1.29, 1.82) is 0 Å². The molecule has 2 aromatic carbocycles. The first-order valence-corrected chi connectivity index (χ1v) is 8.68. The lowest BCUT2D eigenvalue weighted by Gasteiger charge is -2.08. The molecule has 0 bridgehead atoms. The molecule has 0 radical (unpaired) electrons. The number of hydrogen-bond acceptors (Lipinski definition) is 4. The van der Waals surface area contributed by atoms with Crippen molar-refractivity contribution < 1.29 is 4.79 Å². The molecule has 0 aliphatic carbocycles. The van der Waals surface area contributed by atoms with Crippen molar-refractivity contribution in [2.75, 3.05) is 17.2 Å². The van der Waals surface area contributed by atoms with E-state index in [1.807, 2.05) is 49.4 Å². The summed E-state index contributed by atoms with van der Waals surface area (Å²) >= 11 is 0. The average Bonchev–Trinajstić information content (AvgIpc) is 2.66. The van der Waals surface area contributed by atoms with Crippen LogP contribution in [0, 0.1) is 6.92 Å².